The maximum absolute atomic E-state index is 11.3. The third kappa shape index (κ3) is 2.16. The van der Waals surface area contributed by atoms with Crippen molar-refractivity contribution >= 4 is 23.1 Å². The van der Waals surface area contributed by atoms with Gasteiger partial charge in [-0.2, -0.15) is 10.2 Å². The predicted molar refractivity (Wildman–Crippen MR) is 56.4 cm³/mol. The standard InChI is InChI=1S/C8H8ClN5O/c1-14-3-2-7(13-14)10-5-4-6(9)11-12-8(5)15/h2-4H,1H3,(H,12,15)(H,10,11,13). The molecule has 0 aliphatic heterocycles. The molecule has 0 atom stereocenters. The van der Waals surface area contributed by atoms with Crippen LogP contribution in [0.3, 0.4) is 0 Å². The van der Waals surface area contributed by atoms with Crippen molar-refractivity contribution in [2.45, 2.75) is 0 Å². The normalized spacial score (nSPS) is 10.3. The highest BCUT2D eigenvalue weighted by Crippen LogP contribution is 2.11. The number of aryl methyl sites for hydroxylation is 1. The summed E-state index contributed by atoms with van der Waals surface area (Å²) in [4.78, 5) is 11.3. The summed E-state index contributed by atoms with van der Waals surface area (Å²) in [7, 11) is 1.79. The fraction of sp³-hybridized carbons (Fsp3) is 0.125. The highest BCUT2D eigenvalue weighted by Gasteiger charge is 2.03. The number of hydrogen-bond acceptors (Lipinski definition) is 4. The fourth-order valence-corrected chi connectivity index (χ4v) is 1.25. The van der Waals surface area contributed by atoms with Crippen molar-refractivity contribution in [3.05, 3.63) is 33.8 Å². The lowest BCUT2D eigenvalue weighted by Gasteiger charge is -2.00. The van der Waals surface area contributed by atoms with E-state index < -0.39 is 0 Å². The van der Waals surface area contributed by atoms with Gasteiger partial charge in [0, 0.05) is 25.4 Å². The molecule has 2 aromatic rings. The monoisotopic (exact) mass is 225 g/mol. The van der Waals surface area contributed by atoms with Gasteiger partial charge in [0.25, 0.3) is 5.56 Å². The van der Waals surface area contributed by atoms with Crippen LogP contribution in [0.15, 0.2) is 23.1 Å². The zero-order chi connectivity index (χ0) is 10.8. The number of hydrogen-bond donors (Lipinski definition) is 2. The molecular formula is C8H8ClN5O. The Morgan fingerprint density at radius 1 is 1.60 bits per heavy atom. The lowest BCUT2D eigenvalue weighted by atomic mass is 10.4. The Morgan fingerprint density at radius 3 is 3.07 bits per heavy atom. The van der Waals surface area contributed by atoms with Gasteiger partial charge in [0.15, 0.2) is 11.0 Å². The molecule has 2 aromatic heterocycles. The van der Waals surface area contributed by atoms with Crippen molar-refractivity contribution in [1.82, 2.24) is 20.0 Å². The van der Waals surface area contributed by atoms with Crippen molar-refractivity contribution in [2.75, 3.05) is 5.32 Å². The molecule has 0 radical (unpaired) electrons. The van der Waals surface area contributed by atoms with Crippen LogP contribution in [-0.4, -0.2) is 20.0 Å². The summed E-state index contributed by atoms with van der Waals surface area (Å²) in [6, 6.07) is 3.18. The van der Waals surface area contributed by atoms with E-state index in [2.05, 4.69) is 20.6 Å². The number of rotatable bonds is 2. The van der Waals surface area contributed by atoms with E-state index in [1.807, 2.05) is 0 Å². The van der Waals surface area contributed by atoms with Crippen LogP contribution >= 0.6 is 11.6 Å². The minimum absolute atomic E-state index is 0.216. The minimum atomic E-state index is -0.343. The van der Waals surface area contributed by atoms with Gasteiger partial charge in [-0.3, -0.25) is 9.48 Å². The van der Waals surface area contributed by atoms with Crippen LogP contribution in [0, 0.1) is 0 Å². The number of nitrogens with one attached hydrogen (secondary N) is 2. The summed E-state index contributed by atoms with van der Waals surface area (Å²) in [5.74, 6) is 0.574. The molecule has 0 aliphatic rings. The van der Waals surface area contributed by atoms with Crippen molar-refractivity contribution in [3.8, 4) is 0 Å². The van der Waals surface area contributed by atoms with Gasteiger partial charge in [0.1, 0.15) is 5.69 Å². The Kier molecular flexibility index (Phi) is 2.42. The molecule has 0 aliphatic carbocycles. The van der Waals surface area contributed by atoms with Crippen LogP contribution in [0.25, 0.3) is 0 Å². The number of H-pyrrole nitrogens is 1. The summed E-state index contributed by atoms with van der Waals surface area (Å²) in [6.45, 7) is 0. The lowest BCUT2D eigenvalue weighted by molar-refractivity contribution is 0.771. The van der Waals surface area contributed by atoms with E-state index in [0.717, 1.165) is 0 Å². The van der Waals surface area contributed by atoms with Crippen LogP contribution in [0.5, 0.6) is 0 Å². The second kappa shape index (κ2) is 3.74. The van der Waals surface area contributed by atoms with Crippen LogP contribution in [-0.2, 0) is 7.05 Å². The van der Waals surface area contributed by atoms with Gasteiger partial charge in [-0.25, -0.2) is 5.10 Å². The molecule has 78 valence electrons. The molecule has 0 spiro atoms. The topological polar surface area (TPSA) is 75.6 Å². The third-order valence-electron chi connectivity index (χ3n) is 1.75. The van der Waals surface area contributed by atoms with E-state index in [1.54, 1.807) is 24.0 Å². The van der Waals surface area contributed by atoms with E-state index in [1.165, 1.54) is 6.07 Å². The number of halogens is 1. The Balaban J connectivity index is 2.31. The molecule has 0 amide bonds. The second-order valence-electron chi connectivity index (χ2n) is 2.93. The summed E-state index contributed by atoms with van der Waals surface area (Å²) in [5, 5.41) is 12.9. The maximum atomic E-state index is 11.3. The van der Waals surface area contributed by atoms with E-state index in [9.17, 15) is 4.79 Å². The first-order chi connectivity index (χ1) is 7.15. The first-order valence-corrected chi connectivity index (χ1v) is 4.55. The van der Waals surface area contributed by atoms with Crippen LogP contribution in [0.4, 0.5) is 11.5 Å². The molecule has 0 fully saturated rings. The Hall–Kier alpha value is -1.82. The Morgan fingerprint density at radius 2 is 2.40 bits per heavy atom. The van der Waals surface area contributed by atoms with E-state index in [4.69, 9.17) is 11.6 Å². The number of aromatic amines is 1. The molecule has 2 N–H and O–H groups in total. The Bertz CT molecular complexity index is 532. The number of aromatic nitrogens is 4. The summed E-state index contributed by atoms with van der Waals surface area (Å²) in [6.07, 6.45) is 1.76. The molecule has 0 saturated carbocycles. The van der Waals surface area contributed by atoms with E-state index in [0.29, 0.717) is 11.5 Å². The lowest BCUT2D eigenvalue weighted by Crippen LogP contribution is -2.12. The highest BCUT2D eigenvalue weighted by atomic mass is 35.5. The molecule has 2 heterocycles. The van der Waals surface area contributed by atoms with E-state index in [-0.39, 0.29) is 10.7 Å². The summed E-state index contributed by atoms with van der Waals surface area (Å²) < 4.78 is 1.62. The molecule has 7 heteroatoms. The summed E-state index contributed by atoms with van der Waals surface area (Å²) in [5.41, 5.74) is -0.0289. The second-order valence-corrected chi connectivity index (χ2v) is 3.32. The third-order valence-corrected chi connectivity index (χ3v) is 1.94. The first kappa shape index (κ1) is 9.72. The minimum Gasteiger partial charge on any atom is -0.334 e. The predicted octanol–water partition coefficient (Wildman–Crippen LogP) is 0.900. The fourth-order valence-electron chi connectivity index (χ4n) is 1.09. The SMILES string of the molecule is Cn1ccc(Nc2cc(Cl)n[nH]c2=O)n1. The molecule has 0 aromatic carbocycles. The van der Waals surface area contributed by atoms with Crippen LogP contribution < -0.4 is 10.9 Å². The van der Waals surface area contributed by atoms with Gasteiger partial charge in [0.05, 0.1) is 0 Å². The van der Waals surface area contributed by atoms with Gasteiger partial charge >= 0.3 is 0 Å². The van der Waals surface area contributed by atoms with Crippen molar-refractivity contribution in [2.24, 2.45) is 7.05 Å². The summed E-state index contributed by atoms with van der Waals surface area (Å²) >= 11 is 5.64. The average molecular weight is 226 g/mol. The molecule has 0 saturated heterocycles. The molecule has 0 bridgehead atoms. The first-order valence-electron chi connectivity index (χ1n) is 4.17. The van der Waals surface area contributed by atoms with Crippen LogP contribution in [0.1, 0.15) is 0 Å². The molecule has 0 unspecified atom stereocenters. The largest absolute Gasteiger partial charge is 0.334 e. The quantitative estimate of drug-likeness (QED) is 0.796. The smallest absolute Gasteiger partial charge is 0.287 e. The molecule has 2 rings (SSSR count). The zero-order valence-corrected chi connectivity index (χ0v) is 8.62. The van der Waals surface area contributed by atoms with E-state index >= 15 is 0 Å². The Labute approximate surface area is 89.9 Å². The van der Waals surface area contributed by atoms with Crippen molar-refractivity contribution in [1.29, 1.82) is 0 Å². The average Bonchev–Trinajstić information content (AvgIpc) is 2.58. The number of nitrogens with zero attached hydrogens (tertiary/aromatic N) is 3. The van der Waals surface area contributed by atoms with Crippen molar-refractivity contribution in [3.63, 3.8) is 0 Å². The van der Waals surface area contributed by atoms with Gasteiger partial charge in [0.2, 0.25) is 0 Å². The van der Waals surface area contributed by atoms with Gasteiger partial charge in [-0.1, -0.05) is 11.6 Å². The number of anilines is 2. The maximum Gasteiger partial charge on any atom is 0.287 e. The van der Waals surface area contributed by atoms with Gasteiger partial charge < -0.3 is 5.32 Å². The zero-order valence-electron chi connectivity index (χ0n) is 7.86. The van der Waals surface area contributed by atoms with Gasteiger partial charge in [-0.15, -0.1) is 0 Å². The van der Waals surface area contributed by atoms with Gasteiger partial charge in [-0.05, 0) is 0 Å². The molecule has 15 heavy (non-hydrogen) atoms. The van der Waals surface area contributed by atoms with Crippen molar-refractivity contribution < 1.29 is 0 Å². The van der Waals surface area contributed by atoms with Crippen LogP contribution in [0.2, 0.25) is 5.15 Å². The molecule has 6 nitrogen and oxygen atoms in total. The molecular weight excluding hydrogens is 218 g/mol. The highest BCUT2D eigenvalue weighted by molar-refractivity contribution is 6.29.